The number of carbonyl (C=O) groups excluding carboxylic acids is 1. The largest absolute Gasteiger partial charge is 0.369 e. The first kappa shape index (κ1) is 10.5. The van der Waals surface area contributed by atoms with E-state index >= 15 is 0 Å². The predicted molar refractivity (Wildman–Crippen MR) is 52.3 cm³/mol. The van der Waals surface area contributed by atoms with E-state index in [9.17, 15) is 4.79 Å². The first-order chi connectivity index (χ1) is 6.11. The van der Waals surface area contributed by atoms with Crippen LogP contribution in [-0.2, 0) is 4.79 Å². The van der Waals surface area contributed by atoms with Crippen molar-refractivity contribution in [2.24, 2.45) is 11.7 Å². The summed E-state index contributed by atoms with van der Waals surface area (Å²) in [6.07, 6.45) is 0. The van der Waals surface area contributed by atoms with E-state index in [0.717, 1.165) is 26.2 Å². The Balaban J connectivity index is 2.37. The van der Waals surface area contributed by atoms with Gasteiger partial charge in [0.1, 0.15) is 0 Å². The van der Waals surface area contributed by atoms with Gasteiger partial charge < -0.3 is 11.1 Å². The summed E-state index contributed by atoms with van der Waals surface area (Å²) >= 11 is 0. The molecule has 1 aliphatic rings. The number of rotatable bonds is 3. The average Bonchev–Trinajstić information content (AvgIpc) is 2.08. The normalized spacial score (nSPS) is 27.1. The number of nitrogens with zero attached hydrogens (tertiary/aromatic N) is 1. The number of piperazine rings is 1. The summed E-state index contributed by atoms with van der Waals surface area (Å²) in [4.78, 5) is 13.2. The Kier molecular flexibility index (Phi) is 3.69. The SMILES string of the molecule is CC(CN1CCNCC1C)C(N)=O. The lowest BCUT2D eigenvalue weighted by Gasteiger charge is -2.34. The van der Waals surface area contributed by atoms with Crippen LogP contribution in [0, 0.1) is 5.92 Å². The fourth-order valence-electron chi connectivity index (χ4n) is 1.60. The first-order valence-electron chi connectivity index (χ1n) is 4.85. The number of primary amides is 1. The minimum absolute atomic E-state index is 0.0412. The fraction of sp³-hybridized carbons (Fsp3) is 0.889. The zero-order valence-corrected chi connectivity index (χ0v) is 8.42. The molecule has 1 saturated heterocycles. The van der Waals surface area contributed by atoms with Gasteiger partial charge >= 0.3 is 0 Å². The Morgan fingerprint density at radius 2 is 2.46 bits per heavy atom. The lowest BCUT2D eigenvalue weighted by Crippen LogP contribution is -2.51. The molecule has 0 bridgehead atoms. The van der Waals surface area contributed by atoms with E-state index < -0.39 is 0 Å². The maximum Gasteiger partial charge on any atom is 0.221 e. The topological polar surface area (TPSA) is 58.4 Å². The van der Waals surface area contributed by atoms with Crippen LogP contribution in [0.1, 0.15) is 13.8 Å². The molecule has 0 aromatic heterocycles. The summed E-state index contributed by atoms with van der Waals surface area (Å²) in [6.45, 7) is 7.87. The number of hydrogen-bond acceptors (Lipinski definition) is 3. The zero-order chi connectivity index (χ0) is 9.84. The number of hydrogen-bond donors (Lipinski definition) is 2. The van der Waals surface area contributed by atoms with Crippen molar-refractivity contribution in [3.8, 4) is 0 Å². The lowest BCUT2D eigenvalue weighted by atomic mass is 10.1. The highest BCUT2D eigenvalue weighted by Crippen LogP contribution is 2.06. The number of nitrogens with two attached hydrogens (primary N) is 1. The molecule has 0 saturated carbocycles. The van der Waals surface area contributed by atoms with Crippen LogP contribution in [0.2, 0.25) is 0 Å². The van der Waals surface area contributed by atoms with Crippen LogP contribution in [0.25, 0.3) is 0 Å². The molecule has 0 aromatic carbocycles. The summed E-state index contributed by atoms with van der Waals surface area (Å²) in [5, 5.41) is 3.31. The second-order valence-electron chi connectivity index (χ2n) is 3.85. The molecule has 2 unspecified atom stereocenters. The van der Waals surface area contributed by atoms with E-state index in [0.29, 0.717) is 6.04 Å². The van der Waals surface area contributed by atoms with Crippen LogP contribution in [0.3, 0.4) is 0 Å². The van der Waals surface area contributed by atoms with E-state index in [1.54, 1.807) is 0 Å². The standard InChI is InChI=1S/C9H19N3O/c1-7(9(10)13)6-12-4-3-11-5-8(12)2/h7-8,11H,3-6H2,1-2H3,(H2,10,13). The third-order valence-electron chi connectivity index (χ3n) is 2.63. The molecule has 1 aliphatic heterocycles. The summed E-state index contributed by atoms with van der Waals surface area (Å²) < 4.78 is 0. The zero-order valence-electron chi connectivity index (χ0n) is 8.42. The van der Waals surface area contributed by atoms with Crippen molar-refractivity contribution in [1.29, 1.82) is 0 Å². The van der Waals surface area contributed by atoms with Crippen molar-refractivity contribution in [3.05, 3.63) is 0 Å². The molecule has 0 radical (unpaired) electrons. The Morgan fingerprint density at radius 3 is 3.00 bits per heavy atom. The van der Waals surface area contributed by atoms with Gasteiger partial charge in [0.2, 0.25) is 5.91 Å². The quantitative estimate of drug-likeness (QED) is 0.617. The van der Waals surface area contributed by atoms with Crippen molar-refractivity contribution >= 4 is 5.91 Å². The molecular weight excluding hydrogens is 166 g/mol. The van der Waals surface area contributed by atoms with Gasteiger partial charge in [-0.3, -0.25) is 9.69 Å². The van der Waals surface area contributed by atoms with Crippen LogP contribution >= 0.6 is 0 Å². The first-order valence-corrected chi connectivity index (χ1v) is 4.85. The maximum absolute atomic E-state index is 10.9. The Hall–Kier alpha value is -0.610. The van der Waals surface area contributed by atoms with Crippen LogP contribution in [0.4, 0.5) is 0 Å². The summed E-state index contributed by atoms with van der Waals surface area (Å²) in [5.41, 5.74) is 5.22. The molecule has 1 rings (SSSR count). The molecule has 76 valence electrons. The molecule has 3 N–H and O–H groups in total. The van der Waals surface area contributed by atoms with Crippen LogP contribution in [-0.4, -0.2) is 43.0 Å². The molecular formula is C9H19N3O. The summed E-state index contributed by atoms with van der Waals surface area (Å²) in [7, 11) is 0. The molecule has 2 atom stereocenters. The van der Waals surface area contributed by atoms with Gasteiger partial charge in [-0.05, 0) is 6.92 Å². The van der Waals surface area contributed by atoms with Crippen LogP contribution < -0.4 is 11.1 Å². The molecule has 0 spiro atoms. The molecule has 13 heavy (non-hydrogen) atoms. The molecule has 4 heteroatoms. The molecule has 1 heterocycles. The number of amides is 1. The van der Waals surface area contributed by atoms with Crippen LogP contribution in [0.5, 0.6) is 0 Å². The van der Waals surface area contributed by atoms with Gasteiger partial charge in [0.25, 0.3) is 0 Å². The summed E-state index contributed by atoms with van der Waals surface area (Å²) in [5.74, 6) is -0.244. The molecule has 1 fully saturated rings. The highest BCUT2D eigenvalue weighted by atomic mass is 16.1. The van der Waals surface area contributed by atoms with Gasteiger partial charge in [0.05, 0.1) is 0 Å². The van der Waals surface area contributed by atoms with Crippen molar-refractivity contribution < 1.29 is 4.79 Å². The van der Waals surface area contributed by atoms with Gasteiger partial charge in [0.15, 0.2) is 0 Å². The second kappa shape index (κ2) is 4.58. The van der Waals surface area contributed by atoms with Gasteiger partial charge in [-0.2, -0.15) is 0 Å². The van der Waals surface area contributed by atoms with Gasteiger partial charge in [-0.25, -0.2) is 0 Å². The predicted octanol–water partition coefficient (Wildman–Crippen LogP) is -0.598. The highest BCUT2D eigenvalue weighted by molar-refractivity contribution is 5.76. The monoisotopic (exact) mass is 185 g/mol. The van der Waals surface area contributed by atoms with E-state index in [1.165, 1.54) is 0 Å². The molecule has 4 nitrogen and oxygen atoms in total. The van der Waals surface area contributed by atoms with E-state index in [1.807, 2.05) is 6.92 Å². The van der Waals surface area contributed by atoms with Crippen molar-refractivity contribution in [2.45, 2.75) is 19.9 Å². The van der Waals surface area contributed by atoms with E-state index in [2.05, 4.69) is 17.1 Å². The minimum atomic E-state index is -0.203. The van der Waals surface area contributed by atoms with Gasteiger partial charge in [-0.1, -0.05) is 6.92 Å². The van der Waals surface area contributed by atoms with E-state index in [4.69, 9.17) is 5.73 Å². The third kappa shape index (κ3) is 2.97. The van der Waals surface area contributed by atoms with Crippen molar-refractivity contribution in [1.82, 2.24) is 10.2 Å². The summed E-state index contributed by atoms with van der Waals surface area (Å²) in [6, 6.07) is 0.510. The Bertz CT molecular complexity index is 184. The van der Waals surface area contributed by atoms with Crippen molar-refractivity contribution in [2.75, 3.05) is 26.2 Å². The van der Waals surface area contributed by atoms with Gasteiger partial charge in [-0.15, -0.1) is 0 Å². The Morgan fingerprint density at radius 1 is 1.77 bits per heavy atom. The van der Waals surface area contributed by atoms with Crippen LogP contribution in [0.15, 0.2) is 0 Å². The fourth-order valence-corrected chi connectivity index (χ4v) is 1.60. The Labute approximate surface area is 79.5 Å². The maximum atomic E-state index is 10.9. The molecule has 0 aliphatic carbocycles. The van der Waals surface area contributed by atoms with E-state index in [-0.39, 0.29) is 11.8 Å². The van der Waals surface area contributed by atoms with Gasteiger partial charge in [0, 0.05) is 38.1 Å². The lowest BCUT2D eigenvalue weighted by molar-refractivity contribution is -0.122. The molecule has 0 aromatic rings. The number of carbonyl (C=O) groups is 1. The third-order valence-corrected chi connectivity index (χ3v) is 2.63. The minimum Gasteiger partial charge on any atom is -0.369 e. The number of nitrogens with one attached hydrogen (secondary N) is 1. The highest BCUT2D eigenvalue weighted by Gasteiger charge is 2.21. The smallest absolute Gasteiger partial charge is 0.221 e. The average molecular weight is 185 g/mol. The second-order valence-corrected chi connectivity index (χ2v) is 3.85. The van der Waals surface area contributed by atoms with Crippen molar-refractivity contribution in [3.63, 3.8) is 0 Å². The molecule has 1 amide bonds.